The number of hydrogen-bond acceptors (Lipinski definition) is 5. The number of ether oxygens (including phenoxy) is 1. The minimum absolute atomic E-state index is 0.621. The van der Waals surface area contributed by atoms with Crippen LogP contribution in [0.25, 0.3) is 11.4 Å². The van der Waals surface area contributed by atoms with Gasteiger partial charge < -0.3 is 9.30 Å². The molecule has 7 heteroatoms. The summed E-state index contributed by atoms with van der Waals surface area (Å²) < 4.78 is 7.30. The van der Waals surface area contributed by atoms with Gasteiger partial charge in [0.15, 0.2) is 11.0 Å². The van der Waals surface area contributed by atoms with Crippen molar-refractivity contribution in [1.82, 2.24) is 14.8 Å². The van der Waals surface area contributed by atoms with E-state index in [2.05, 4.69) is 10.2 Å². The summed E-state index contributed by atoms with van der Waals surface area (Å²) in [6.07, 6.45) is 0.828. The molecular weight excluding hydrogens is 358 g/mol. The van der Waals surface area contributed by atoms with Gasteiger partial charge in [0.05, 0.1) is 7.11 Å². The highest BCUT2D eigenvalue weighted by Crippen LogP contribution is 2.29. The van der Waals surface area contributed by atoms with Crippen LogP contribution in [-0.4, -0.2) is 28.2 Å². The molecule has 128 valence electrons. The van der Waals surface area contributed by atoms with E-state index in [0.717, 1.165) is 34.1 Å². The molecule has 0 bridgehead atoms. The van der Waals surface area contributed by atoms with Gasteiger partial charge in [0.1, 0.15) is 12.0 Å². The van der Waals surface area contributed by atoms with Crippen LogP contribution in [0.2, 0.25) is 5.02 Å². The van der Waals surface area contributed by atoms with Gasteiger partial charge in [-0.15, -0.1) is 10.2 Å². The number of aromatic nitrogens is 3. The Morgan fingerprint density at radius 3 is 2.64 bits per heavy atom. The second-order valence-corrected chi connectivity index (χ2v) is 6.73. The fraction of sp³-hybridized carbons (Fsp3) is 0.167. The fourth-order valence-corrected chi connectivity index (χ4v) is 3.43. The van der Waals surface area contributed by atoms with Gasteiger partial charge in [-0.3, -0.25) is 4.79 Å². The third-order valence-corrected chi connectivity index (χ3v) is 5.06. The minimum Gasteiger partial charge on any atom is -0.496 e. The van der Waals surface area contributed by atoms with Crippen LogP contribution in [0.4, 0.5) is 0 Å². The van der Waals surface area contributed by atoms with Gasteiger partial charge in [0.25, 0.3) is 0 Å². The van der Waals surface area contributed by atoms with Gasteiger partial charge >= 0.3 is 0 Å². The molecule has 1 aromatic heterocycles. The van der Waals surface area contributed by atoms with Crippen LogP contribution >= 0.6 is 23.4 Å². The largest absolute Gasteiger partial charge is 0.496 e. The lowest BCUT2D eigenvalue weighted by molar-refractivity contribution is 0.112. The van der Waals surface area contributed by atoms with Crippen LogP contribution in [0.5, 0.6) is 5.75 Å². The summed E-state index contributed by atoms with van der Waals surface area (Å²) in [6.45, 7) is 0. The van der Waals surface area contributed by atoms with Crippen molar-refractivity contribution in [2.45, 2.75) is 10.9 Å². The fourth-order valence-electron chi connectivity index (χ4n) is 2.42. The van der Waals surface area contributed by atoms with Crippen molar-refractivity contribution in [2.24, 2.45) is 7.05 Å². The molecule has 0 unspecified atom stereocenters. The number of hydrogen-bond donors (Lipinski definition) is 0. The highest BCUT2D eigenvalue weighted by atomic mass is 35.5. The minimum atomic E-state index is 0.621. The number of methoxy groups -OCH3 is 1. The first-order valence-corrected chi connectivity index (χ1v) is 8.89. The molecule has 5 nitrogen and oxygen atoms in total. The van der Waals surface area contributed by atoms with Crippen molar-refractivity contribution in [1.29, 1.82) is 0 Å². The van der Waals surface area contributed by atoms with Crippen molar-refractivity contribution >= 4 is 29.6 Å². The summed E-state index contributed by atoms with van der Waals surface area (Å²) in [6, 6.07) is 12.9. The van der Waals surface area contributed by atoms with E-state index in [1.807, 2.05) is 41.9 Å². The van der Waals surface area contributed by atoms with Gasteiger partial charge in [-0.25, -0.2) is 0 Å². The first-order valence-electron chi connectivity index (χ1n) is 7.52. The Balaban J connectivity index is 1.81. The van der Waals surface area contributed by atoms with Gasteiger partial charge in [-0.05, 0) is 42.5 Å². The summed E-state index contributed by atoms with van der Waals surface area (Å²) >= 11 is 7.47. The van der Waals surface area contributed by atoms with E-state index >= 15 is 0 Å². The van der Waals surface area contributed by atoms with Crippen molar-refractivity contribution in [3.63, 3.8) is 0 Å². The molecule has 3 aromatic rings. The van der Waals surface area contributed by atoms with Crippen molar-refractivity contribution in [3.05, 3.63) is 58.6 Å². The van der Waals surface area contributed by atoms with E-state index in [0.29, 0.717) is 16.3 Å². The Bertz CT molecular complexity index is 894. The highest BCUT2D eigenvalue weighted by molar-refractivity contribution is 7.98. The van der Waals surface area contributed by atoms with Gasteiger partial charge in [-0.2, -0.15) is 0 Å². The standard InChI is InChI=1S/C18H16ClN3O2S/c1-22-17(13-4-6-15(19)7-5-13)20-21-18(22)25-11-14-9-12(10-23)3-8-16(14)24-2/h3-10H,11H2,1-2H3. The summed E-state index contributed by atoms with van der Waals surface area (Å²) in [5.74, 6) is 2.14. The van der Waals surface area contributed by atoms with Crippen LogP contribution < -0.4 is 4.74 Å². The molecule has 3 rings (SSSR count). The molecule has 2 aromatic carbocycles. The molecule has 0 spiro atoms. The summed E-state index contributed by atoms with van der Waals surface area (Å²) in [4.78, 5) is 11.0. The van der Waals surface area contributed by atoms with Crippen LogP contribution in [0.1, 0.15) is 15.9 Å². The second kappa shape index (κ2) is 7.72. The number of nitrogens with zero attached hydrogens (tertiary/aromatic N) is 3. The van der Waals surface area contributed by atoms with Gasteiger partial charge in [-0.1, -0.05) is 23.4 Å². The molecule has 0 saturated heterocycles. The topological polar surface area (TPSA) is 57.0 Å². The van der Waals surface area contributed by atoms with E-state index in [9.17, 15) is 4.79 Å². The van der Waals surface area contributed by atoms with Crippen molar-refractivity contribution in [3.8, 4) is 17.1 Å². The molecule has 0 saturated carbocycles. The number of aldehydes is 1. The van der Waals surface area contributed by atoms with E-state index in [1.165, 1.54) is 11.8 Å². The lowest BCUT2D eigenvalue weighted by Gasteiger charge is -2.09. The lowest BCUT2D eigenvalue weighted by Crippen LogP contribution is -1.96. The van der Waals surface area contributed by atoms with Gasteiger partial charge in [0.2, 0.25) is 0 Å². The van der Waals surface area contributed by atoms with Crippen LogP contribution in [0.15, 0.2) is 47.6 Å². The molecule has 0 N–H and O–H groups in total. The molecule has 1 heterocycles. The maximum atomic E-state index is 11.0. The summed E-state index contributed by atoms with van der Waals surface area (Å²) in [7, 11) is 3.54. The molecule has 0 aliphatic carbocycles. The third-order valence-electron chi connectivity index (χ3n) is 3.73. The van der Waals surface area contributed by atoms with Crippen LogP contribution in [0.3, 0.4) is 0 Å². The Morgan fingerprint density at radius 1 is 1.20 bits per heavy atom. The maximum Gasteiger partial charge on any atom is 0.191 e. The number of carbonyl (C=O) groups is 1. The smallest absolute Gasteiger partial charge is 0.191 e. The zero-order chi connectivity index (χ0) is 17.8. The monoisotopic (exact) mass is 373 g/mol. The number of rotatable bonds is 6. The van der Waals surface area contributed by atoms with Gasteiger partial charge in [0, 0.05) is 34.5 Å². The number of carbonyl (C=O) groups excluding carboxylic acids is 1. The van der Waals surface area contributed by atoms with E-state index in [1.54, 1.807) is 19.2 Å². The Labute approximate surface area is 155 Å². The molecule has 0 aliphatic heterocycles. The quantitative estimate of drug-likeness (QED) is 0.477. The second-order valence-electron chi connectivity index (χ2n) is 5.35. The van der Waals surface area contributed by atoms with E-state index < -0.39 is 0 Å². The molecule has 0 fully saturated rings. The Hall–Kier alpha value is -2.31. The van der Waals surface area contributed by atoms with Crippen molar-refractivity contribution in [2.75, 3.05) is 7.11 Å². The normalized spacial score (nSPS) is 10.7. The molecule has 0 radical (unpaired) electrons. The molecule has 25 heavy (non-hydrogen) atoms. The average molecular weight is 374 g/mol. The first kappa shape index (κ1) is 17.5. The molecule has 0 atom stereocenters. The van der Waals surface area contributed by atoms with E-state index in [-0.39, 0.29) is 0 Å². The van der Waals surface area contributed by atoms with Crippen molar-refractivity contribution < 1.29 is 9.53 Å². The predicted octanol–water partition coefficient (Wildman–Crippen LogP) is 4.25. The zero-order valence-corrected chi connectivity index (χ0v) is 15.3. The summed E-state index contributed by atoms with van der Waals surface area (Å²) in [5.41, 5.74) is 2.51. The molecular formula is C18H16ClN3O2S. The lowest BCUT2D eigenvalue weighted by atomic mass is 10.1. The predicted molar refractivity (Wildman–Crippen MR) is 99.4 cm³/mol. The van der Waals surface area contributed by atoms with Crippen LogP contribution in [0, 0.1) is 0 Å². The zero-order valence-electron chi connectivity index (χ0n) is 13.8. The van der Waals surface area contributed by atoms with Crippen LogP contribution in [-0.2, 0) is 12.8 Å². The van der Waals surface area contributed by atoms with E-state index in [4.69, 9.17) is 16.3 Å². The SMILES string of the molecule is COc1ccc(C=O)cc1CSc1nnc(-c2ccc(Cl)cc2)n1C. The Morgan fingerprint density at radius 2 is 1.96 bits per heavy atom. The average Bonchev–Trinajstić information content (AvgIpc) is 3.01. The maximum absolute atomic E-state index is 11.0. The number of halogens is 1. The highest BCUT2D eigenvalue weighted by Gasteiger charge is 2.13. The summed E-state index contributed by atoms with van der Waals surface area (Å²) in [5, 5.41) is 9.99. The molecule has 0 amide bonds. The number of benzene rings is 2. The Kier molecular flexibility index (Phi) is 5.40. The third kappa shape index (κ3) is 3.86. The number of thioether (sulfide) groups is 1. The molecule has 0 aliphatic rings. The first-order chi connectivity index (χ1) is 12.1.